The number of fused-ring (bicyclic) bond motifs is 2. The predicted molar refractivity (Wildman–Crippen MR) is 107 cm³/mol. The van der Waals surface area contributed by atoms with Crippen molar-refractivity contribution in [2.75, 3.05) is 0 Å². The van der Waals surface area contributed by atoms with Crippen molar-refractivity contribution in [1.29, 1.82) is 0 Å². The lowest BCUT2D eigenvalue weighted by Gasteiger charge is -2.22. The minimum Gasteiger partial charge on any atom is -0.464 e. The second-order valence-corrected chi connectivity index (χ2v) is 8.02. The third-order valence-electron chi connectivity index (χ3n) is 6.08. The molecule has 2 aliphatic rings. The molecule has 2 N–H and O–H groups in total. The van der Waals surface area contributed by atoms with Crippen LogP contribution in [0.25, 0.3) is 11.0 Å². The number of carbonyl (C=O) groups is 1. The van der Waals surface area contributed by atoms with Gasteiger partial charge in [-0.2, -0.15) is 5.10 Å². The Labute approximate surface area is 164 Å². The van der Waals surface area contributed by atoms with Crippen LogP contribution in [0.2, 0.25) is 0 Å². The highest BCUT2D eigenvalue weighted by Crippen LogP contribution is 2.33. The zero-order valence-corrected chi connectivity index (χ0v) is 16.0. The van der Waals surface area contributed by atoms with Crippen molar-refractivity contribution >= 4 is 17.0 Å². The first kappa shape index (κ1) is 17.3. The smallest absolute Gasteiger partial charge is 0.315 e. The topological polar surface area (TPSA) is 72.1 Å². The molecule has 28 heavy (non-hydrogen) atoms. The van der Waals surface area contributed by atoms with E-state index < -0.39 is 0 Å². The summed E-state index contributed by atoms with van der Waals surface area (Å²) >= 11 is 0. The minimum atomic E-state index is -0.138. The van der Waals surface area contributed by atoms with E-state index in [1.165, 1.54) is 31.2 Å². The number of carbonyl (C=O) groups excluding carboxylic acids is 1. The average molecular weight is 378 g/mol. The predicted octanol–water partition coefficient (Wildman–Crippen LogP) is 4.62. The number of aryl methyl sites for hydroxylation is 1. The van der Waals surface area contributed by atoms with Crippen LogP contribution in [0.1, 0.15) is 67.4 Å². The molecule has 0 aliphatic heterocycles. The summed E-state index contributed by atoms with van der Waals surface area (Å²) in [6.45, 7) is 0.489. The molecule has 0 bridgehead atoms. The van der Waals surface area contributed by atoms with Crippen molar-refractivity contribution in [3.05, 3.63) is 53.5 Å². The Morgan fingerprint density at radius 3 is 2.96 bits per heavy atom. The number of hydrogen-bond acceptors (Lipinski definition) is 3. The zero-order valence-electron chi connectivity index (χ0n) is 16.0. The number of nitrogens with one attached hydrogen (secondary N) is 2. The zero-order chi connectivity index (χ0) is 18.9. The Kier molecular flexibility index (Phi) is 4.55. The number of nitrogens with zero attached hydrogens (tertiary/aromatic N) is 2. The summed E-state index contributed by atoms with van der Waals surface area (Å²) < 4.78 is 7.52. The molecule has 5 rings (SSSR count). The monoisotopic (exact) mass is 378 g/mol. The molecule has 6 heteroatoms. The SMILES string of the molecule is O=C(NCc1ccc2occc2c1)NC1CCCc2cn(C3CCCC3)nc21. The normalized spacial score (nSPS) is 19.6. The van der Waals surface area contributed by atoms with E-state index in [4.69, 9.17) is 9.52 Å². The van der Waals surface area contributed by atoms with Gasteiger partial charge >= 0.3 is 6.03 Å². The van der Waals surface area contributed by atoms with E-state index in [1.807, 2.05) is 24.3 Å². The Hall–Kier alpha value is -2.76. The van der Waals surface area contributed by atoms with E-state index in [0.29, 0.717) is 12.6 Å². The van der Waals surface area contributed by atoms with Gasteiger partial charge in [-0.05, 0) is 61.4 Å². The molecule has 3 aromatic rings. The second-order valence-electron chi connectivity index (χ2n) is 8.02. The van der Waals surface area contributed by atoms with Crippen LogP contribution in [0.5, 0.6) is 0 Å². The molecule has 0 spiro atoms. The maximum atomic E-state index is 12.5. The first-order valence-electron chi connectivity index (χ1n) is 10.3. The number of amides is 2. The van der Waals surface area contributed by atoms with E-state index >= 15 is 0 Å². The maximum absolute atomic E-state index is 12.5. The molecule has 1 unspecified atom stereocenters. The number of hydrogen-bond donors (Lipinski definition) is 2. The standard InChI is InChI=1S/C22H26N4O2/c27-22(23-13-15-8-9-20-16(12-15)10-11-28-20)24-19-7-3-4-17-14-26(25-21(17)19)18-5-1-2-6-18/h8-12,14,18-19H,1-7,13H2,(H2,23,24,27). The van der Waals surface area contributed by atoms with E-state index in [0.717, 1.165) is 41.5 Å². The van der Waals surface area contributed by atoms with Gasteiger partial charge in [0.05, 0.1) is 24.0 Å². The van der Waals surface area contributed by atoms with Gasteiger partial charge in [-0.25, -0.2) is 4.79 Å². The van der Waals surface area contributed by atoms with Gasteiger partial charge in [0.15, 0.2) is 0 Å². The van der Waals surface area contributed by atoms with E-state index in [-0.39, 0.29) is 12.1 Å². The van der Waals surface area contributed by atoms with Crippen molar-refractivity contribution in [2.24, 2.45) is 0 Å². The van der Waals surface area contributed by atoms with Crippen LogP contribution in [-0.2, 0) is 13.0 Å². The summed E-state index contributed by atoms with van der Waals surface area (Å²) in [4.78, 5) is 12.5. The fraction of sp³-hybridized carbons (Fsp3) is 0.455. The summed E-state index contributed by atoms with van der Waals surface area (Å²) in [6.07, 6.45) is 12.0. The average Bonchev–Trinajstić information content (AvgIpc) is 3.45. The second kappa shape index (κ2) is 7.34. The molecule has 146 valence electrons. The molecule has 1 atom stereocenters. The van der Waals surface area contributed by atoms with Gasteiger partial charge < -0.3 is 15.1 Å². The molecular weight excluding hydrogens is 352 g/mol. The van der Waals surface area contributed by atoms with Gasteiger partial charge in [-0.15, -0.1) is 0 Å². The van der Waals surface area contributed by atoms with Gasteiger partial charge in [0.25, 0.3) is 0 Å². The molecule has 0 saturated heterocycles. The molecule has 1 saturated carbocycles. The fourth-order valence-electron chi connectivity index (χ4n) is 4.58. The number of furan rings is 1. The van der Waals surface area contributed by atoms with Gasteiger partial charge in [0.2, 0.25) is 0 Å². The third-order valence-corrected chi connectivity index (χ3v) is 6.08. The molecule has 2 heterocycles. The van der Waals surface area contributed by atoms with Gasteiger partial charge in [-0.3, -0.25) is 4.68 Å². The Morgan fingerprint density at radius 2 is 2.07 bits per heavy atom. The van der Waals surface area contributed by atoms with Crippen LogP contribution in [-0.4, -0.2) is 15.8 Å². The summed E-state index contributed by atoms with van der Waals surface area (Å²) in [5.41, 5.74) is 4.28. The number of aromatic nitrogens is 2. The highest BCUT2D eigenvalue weighted by atomic mass is 16.3. The number of benzene rings is 1. The Balaban J connectivity index is 1.23. The quantitative estimate of drug-likeness (QED) is 0.696. The van der Waals surface area contributed by atoms with Crippen LogP contribution >= 0.6 is 0 Å². The molecule has 2 aliphatic carbocycles. The summed E-state index contributed by atoms with van der Waals surface area (Å²) in [6, 6.07) is 8.30. The largest absolute Gasteiger partial charge is 0.464 e. The molecular formula is C22H26N4O2. The lowest BCUT2D eigenvalue weighted by Crippen LogP contribution is -2.38. The first-order chi connectivity index (χ1) is 13.8. The number of urea groups is 1. The lowest BCUT2D eigenvalue weighted by atomic mass is 9.94. The van der Waals surface area contributed by atoms with Crippen molar-refractivity contribution < 1.29 is 9.21 Å². The summed E-state index contributed by atoms with van der Waals surface area (Å²) in [5, 5.41) is 12.0. The highest BCUT2D eigenvalue weighted by molar-refractivity contribution is 5.78. The van der Waals surface area contributed by atoms with Gasteiger partial charge in [-0.1, -0.05) is 18.9 Å². The van der Waals surface area contributed by atoms with Crippen molar-refractivity contribution in [3.63, 3.8) is 0 Å². The van der Waals surface area contributed by atoms with Crippen LogP contribution in [0.4, 0.5) is 4.79 Å². The van der Waals surface area contributed by atoms with Crippen LogP contribution in [0.15, 0.2) is 41.1 Å². The highest BCUT2D eigenvalue weighted by Gasteiger charge is 2.27. The molecule has 6 nitrogen and oxygen atoms in total. The van der Waals surface area contributed by atoms with Crippen LogP contribution in [0.3, 0.4) is 0 Å². The van der Waals surface area contributed by atoms with Gasteiger partial charge in [0, 0.05) is 18.1 Å². The van der Waals surface area contributed by atoms with Crippen molar-refractivity contribution in [1.82, 2.24) is 20.4 Å². The van der Waals surface area contributed by atoms with E-state index in [2.05, 4.69) is 21.5 Å². The molecule has 0 radical (unpaired) electrons. The van der Waals surface area contributed by atoms with E-state index in [1.54, 1.807) is 6.26 Å². The van der Waals surface area contributed by atoms with Crippen molar-refractivity contribution in [3.8, 4) is 0 Å². The summed E-state index contributed by atoms with van der Waals surface area (Å²) in [5.74, 6) is 0. The molecule has 1 aromatic carbocycles. The van der Waals surface area contributed by atoms with Crippen molar-refractivity contribution in [2.45, 2.75) is 63.6 Å². The molecule has 2 amide bonds. The van der Waals surface area contributed by atoms with Gasteiger partial charge in [0.1, 0.15) is 5.58 Å². The van der Waals surface area contributed by atoms with Crippen LogP contribution in [0, 0.1) is 0 Å². The molecule has 2 aromatic heterocycles. The molecule has 1 fully saturated rings. The lowest BCUT2D eigenvalue weighted by molar-refractivity contribution is 0.234. The third kappa shape index (κ3) is 3.39. The Morgan fingerprint density at radius 1 is 1.18 bits per heavy atom. The first-order valence-corrected chi connectivity index (χ1v) is 10.3. The fourth-order valence-corrected chi connectivity index (χ4v) is 4.58. The van der Waals surface area contributed by atoms with Crippen LogP contribution < -0.4 is 10.6 Å². The number of rotatable bonds is 4. The Bertz CT molecular complexity index is 984. The van der Waals surface area contributed by atoms with E-state index in [9.17, 15) is 4.79 Å². The minimum absolute atomic E-state index is 0.00255. The maximum Gasteiger partial charge on any atom is 0.315 e. The summed E-state index contributed by atoms with van der Waals surface area (Å²) in [7, 11) is 0.